The van der Waals surface area contributed by atoms with Crippen molar-refractivity contribution in [3.05, 3.63) is 28.8 Å². The van der Waals surface area contributed by atoms with Crippen molar-refractivity contribution in [1.82, 2.24) is 0 Å². The number of carbonyl (C=O) groups excluding carboxylic acids is 1. The first-order valence-corrected chi connectivity index (χ1v) is 5.37. The lowest BCUT2D eigenvalue weighted by molar-refractivity contribution is -0.122. The molecule has 0 aliphatic rings. The molecule has 1 aromatic rings. The van der Waals surface area contributed by atoms with Gasteiger partial charge in [0.2, 0.25) is 5.91 Å². The Morgan fingerprint density at radius 2 is 2.24 bits per heavy atom. The van der Waals surface area contributed by atoms with Crippen LogP contribution >= 0.6 is 11.6 Å². The molecule has 4 N–H and O–H groups in total. The summed E-state index contributed by atoms with van der Waals surface area (Å²) in [7, 11) is 1.54. The highest BCUT2D eigenvalue weighted by molar-refractivity contribution is 6.32. The van der Waals surface area contributed by atoms with Gasteiger partial charge in [-0.25, -0.2) is 0 Å². The normalized spacial score (nSPS) is 12.2. The number of rotatable bonds is 6. The number of methoxy groups -OCH3 is 1. The summed E-state index contributed by atoms with van der Waals surface area (Å²) in [5.41, 5.74) is 11.6. The Morgan fingerprint density at radius 3 is 2.76 bits per heavy atom. The fourth-order valence-corrected chi connectivity index (χ4v) is 1.56. The Balaban J connectivity index is 2.59. The van der Waals surface area contributed by atoms with E-state index in [4.69, 9.17) is 32.5 Å². The van der Waals surface area contributed by atoms with Gasteiger partial charge >= 0.3 is 0 Å². The molecule has 0 radical (unpaired) electrons. The zero-order valence-corrected chi connectivity index (χ0v) is 10.2. The molecule has 1 amide bonds. The van der Waals surface area contributed by atoms with Crippen molar-refractivity contribution in [2.45, 2.75) is 6.04 Å². The fourth-order valence-electron chi connectivity index (χ4n) is 1.30. The predicted octanol–water partition coefficient (Wildman–Crippen LogP) is 0.850. The standard InChI is InChI=1S/C11H15ClN2O3/c1-16-10-3-2-7(4-8(10)12)9(13)5-17-6-11(14)15/h2-4,9H,5-6,13H2,1H3,(H2,14,15). The molecular weight excluding hydrogens is 244 g/mol. The van der Waals surface area contributed by atoms with Gasteiger partial charge in [0.05, 0.1) is 24.8 Å². The van der Waals surface area contributed by atoms with Gasteiger partial charge in [-0.05, 0) is 17.7 Å². The number of hydrogen-bond acceptors (Lipinski definition) is 4. The largest absolute Gasteiger partial charge is 0.495 e. The van der Waals surface area contributed by atoms with Crippen LogP contribution in [-0.2, 0) is 9.53 Å². The first-order valence-electron chi connectivity index (χ1n) is 4.99. The molecule has 0 saturated carbocycles. The van der Waals surface area contributed by atoms with E-state index in [1.807, 2.05) is 0 Å². The maximum atomic E-state index is 10.5. The third-order valence-corrected chi connectivity index (χ3v) is 2.44. The van der Waals surface area contributed by atoms with Crippen LogP contribution in [0.1, 0.15) is 11.6 Å². The third kappa shape index (κ3) is 4.22. The fraction of sp³-hybridized carbons (Fsp3) is 0.364. The van der Waals surface area contributed by atoms with Gasteiger partial charge in [-0.1, -0.05) is 17.7 Å². The van der Waals surface area contributed by atoms with Gasteiger partial charge in [0.25, 0.3) is 0 Å². The first-order chi connectivity index (χ1) is 8.04. The summed E-state index contributed by atoms with van der Waals surface area (Å²) in [4.78, 5) is 10.5. The van der Waals surface area contributed by atoms with Crippen LogP contribution < -0.4 is 16.2 Å². The number of ether oxygens (including phenoxy) is 2. The van der Waals surface area contributed by atoms with Crippen molar-refractivity contribution in [2.75, 3.05) is 20.3 Å². The quantitative estimate of drug-likeness (QED) is 0.792. The minimum atomic E-state index is -0.523. The minimum Gasteiger partial charge on any atom is -0.495 e. The van der Waals surface area contributed by atoms with Crippen molar-refractivity contribution >= 4 is 17.5 Å². The molecule has 5 nitrogen and oxygen atoms in total. The molecular formula is C11H15ClN2O3. The minimum absolute atomic E-state index is 0.141. The molecule has 0 fully saturated rings. The molecule has 6 heteroatoms. The summed E-state index contributed by atoms with van der Waals surface area (Å²) in [6, 6.07) is 4.87. The van der Waals surface area contributed by atoms with Gasteiger partial charge < -0.3 is 20.9 Å². The van der Waals surface area contributed by atoms with Crippen LogP contribution in [0.15, 0.2) is 18.2 Å². The number of nitrogens with two attached hydrogens (primary N) is 2. The summed E-state index contributed by atoms with van der Waals surface area (Å²) >= 11 is 5.96. The van der Waals surface area contributed by atoms with Crippen molar-refractivity contribution in [3.8, 4) is 5.75 Å². The van der Waals surface area contributed by atoms with Gasteiger partial charge in [-0.15, -0.1) is 0 Å². The van der Waals surface area contributed by atoms with Crippen LogP contribution in [0, 0.1) is 0 Å². The highest BCUT2D eigenvalue weighted by Gasteiger charge is 2.09. The number of halogens is 1. The Hall–Kier alpha value is -1.30. The highest BCUT2D eigenvalue weighted by Crippen LogP contribution is 2.26. The van der Waals surface area contributed by atoms with Crippen LogP contribution in [-0.4, -0.2) is 26.2 Å². The highest BCUT2D eigenvalue weighted by atomic mass is 35.5. The first kappa shape index (κ1) is 13.8. The molecule has 0 bridgehead atoms. The smallest absolute Gasteiger partial charge is 0.243 e. The summed E-state index contributed by atoms with van der Waals surface area (Å²) < 4.78 is 10.1. The van der Waals surface area contributed by atoms with Gasteiger partial charge in [0.1, 0.15) is 12.4 Å². The molecule has 0 heterocycles. The van der Waals surface area contributed by atoms with E-state index in [0.717, 1.165) is 5.56 Å². The van der Waals surface area contributed by atoms with E-state index in [9.17, 15) is 4.79 Å². The zero-order valence-electron chi connectivity index (χ0n) is 9.48. The molecule has 0 saturated heterocycles. The third-order valence-electron chi connectivity index (χ3n) is 2.15. The second-order valence-electron chi connectivity index (χ2n) is 3.48. The summed E-state index contributed by atoms with van der Waals surface area (Å²) in [5, 5.41) is 0.482. The molecule has 0 spiro atoms. The van der Waals surface area contributed by atoms with Gasteiger partial charge in [0.15, 0.2) is 0 Å². The SMILES string of the molecule is COc1ccc(C(N)COCC(N)=O)cc1Cl. The van der Waals surface area contributed by atoms with Crippen molar-refractivity contribution in [3.63, 3.8) is 0 Å². The van der Waals surface area contributed by atoms with Gasteiger partial charge in [-0.3, -0.25) is 4.79 Å². The van der Waals surface area contributed by atoms with Crippen LogP contribution in [0.5, 0.6) is 5.75 Å². The second kappa shape index (κ2) is 6.44. The van der Waals surface area contributed by atoms with E-state index in [2.05, 4.69) is 0 Å². The van der Waals surface area contributed by atoms with Crippen LogP contribution in [0.4, 0.5) is 0 Å². The molecule has 1 atom stereocenters. The topological polar surface area (TPSA) is 87.6 Å². The predicted molar refractivity (Wildman–Crippen MR) is 64.9 cm³/mol. The van der Waals surface area contributed by atoms with Crippen molar-refractivity contribution in [2.24, 2.45) is 11.5 Å². The molecule has 17 heavy (non-hydrogen) atoms. The van der Waals surface area contributed by atoms with Crippen LogP contribution in [0.25, 0.3) is 0 Å². The molecule has 0 aliphatic heterocycles. The zero-order chi connectivity index (χ0) is 12.8. The lowest BCUT2D eigenvalue weighted by Crippen LogP contribution is -2.23. The monoisotopic (exact) mass is 258 g/mol. The Morgan fingerprint density at radius 1 is 1.53 bits per heavy atom. The Bertz CT molecular complexity index is 398. The van der Waals surface area contributed by atoms with Gasteiger partial charge in [0, 0.05) is 0 Å². The number of hydrogen-bond donors (Lipinski definition) is 2. The van der Waals surface area contributed by atoms with Crippen molar-refractivity contribution < 1.29 is 14.3 Å². The Kier molecular flexibility index (Phi) is 5.21. The van der Waals surface area contributed by atoms with E-state index >= 15 is 0 Å². The summed E-state index contributed by atoms with van der Waals surface area (Å²) in [6.45, 7) is 0.0587. The maximum Gasteiger partial charge on any atom is 0.243 e. The van der Waals surface area contributed by atoms with E-state index in [-0.39, 0.29) is 19.3 Å². The van der Waals surface area contributed by atoms with E-state index in [1.165, 1.54) is 7.11 Å². The molecule has 1 rings (SSSR count). The molecule has 94 valence electrons. The number of primary amides is 1. The van der Waals surface area contributed by atoms with Crippen LogP contribution in [0.2, 0.25) is 5.02 Å². The second-order valence-corrected chi connectivity index (χ2v) is 3.89. The number of carbonyl (C=O) groups is 1. The van der Waals surface area contributed by atoms with E-state index in [0.29, 0.717) is 10.8 Å². The Labute approximate surface area is 105 Å². The maximum absolute atomic E-state index is 10.5. The molecule has 0 aromatic heterocycles. The van der Waals surface area contributed by atoms with Crippen LogP contribution in [0.3, 0.4) is 0 Å². The summed E-state index contributed by atoms with van der Waals surface area (Å²) in [5.74, 6) is 0.0608. The number of amides is 1. The average Bonchev–Trinajstić information content (AvgIpc) is 2.28. The van der Waals surface area contributed by atoms with Crippen molar-refractivity contribution in [1.29, 1.82) is 0 Å². The molecule has 1 unspecified atom stereocenters. The number of benzene rings is 1. The lowest BCUT2D eigenvalue weighted by Gasteiger charge is -2.13. The molecule has 0 aliphatic carbocycles. The molecule has 1 aromatic carbocycles. The van der Waals surface area contributed by atoms with E-state index in [1.54, 1.807) is 18.2 Å². The average molecular weight is 259 g/mol. The summed E-state index contributed by atoms with van der Waals surface area (Å²) in [6.07, 6.45) is 0. The van der Waals surface area contributed by atoms with E-state index < -0.39 is 5.91 Å². The van der Waals surface area contributed by atoms with Gasteiger partial charge in [-0.2, -0.15) is 0 Å². The lowest BCUT2D eigenvalue weighted by atomic mass is 10.1.